The van der Waals surface area contributed by atoms with Crippen LogP contribution in [-0.4, -0.2) is 64.2 Å². The summed E-state index contributed by atoms with van der Waals surface area (Å²) in [5.41, 5.74) is 0.330. The smallest absolute Gasteiger partial charge is 0.243 e. The highest BCUT2D eigenvalue weighted by molar-refractivity contribution is 14.0. The molecule has 0 bridgehead atoms. The summed E-state index contributed by atoms with van der Waals surface area (Å²) < 4.78 is 5.23. The number of amides is 1. The monoisotopic (exact) mass is 440 g/mol. The molecule has 1 saturated carbocycles. The number of carbonyl (C=O) groups is 1. The molecule has 0 atom stereocenters. The van der Waals surface area contributed by atoms with Crippen LogP contribution >= 0.6 is 24.0 Å². The molecule has 0 radical (unpaired) electrons. The summed E-state index contributed by atoms with van der Waals surface area (Å²) in [6, 6.07) is 0. The molecule has 0 saturated heterocycles. The van der Waals surface area contributed by atoms with Gasteiger partial charge < -0.3 is 20.3 Å². The molecule has 0 unspecified atom stereocenters. The van der Waals surface area contributed by atoms with Gasteiger partial charge in [-0.2, -0.15) is 0 Å². The molecule has 0 aliphatic heterocycles. The van der Waals surface area contributed by atoms with Crippen molar-refractivity contribution < 1.29 is 9.53 Å². The van der Waals surface area contributed by atoms with Gasteiger partial charge in [0.1, 0.15) is 6.54 Å². The van der Waals surface area contributed by atoms with Gasteiger partial charge in [-0.05, 0) is 31.1 Å². The summed E-state index contributed by atoms with van der Waals surface area (Å²) in [4.78, 5) is 17.6. The maximum absolute atomic E-state index is 11.7. The molecule has 1 aliphatic rings. The molecule has 136 valence electrons. The topological polar surface area (TPSA) is 66.0 Å². The molecule has 1 rings (SSSR count). The standard InChI is InChI=1S/C16H32N4O2.HI/c1-5-10-17-15(18-12-14(21)20(2)3)19-13-16(7-6-8-16)9-11-22-4;/h5-13H2,1-4H3,(H2,17,18,19);1H. The Balaban J connectivity index is 0.00000484. The summed E-state index contributed by atoms with van der Waals surface area (Å²) in [7, 11) is 5.25. The van der Waals surface area contributed by atoms with Gasteiger partial charge in [0, 0.05) is 40.9 Å². The Morgan fingerprint density at radius 2 is 2.00 bits per heavy atom. The van der Waals surface area contributed by atoms with Gasteiger partial charge in [0.25, 0.3) is 0 Å². The number of likely N-dealkylation sites (N-methyl/N-ethyl adjacent to an activating group) is 1. The number of aliphatic imine (C=N–C) groups is 1. The van der Waals surface area contributed by atoms with Crippen LogP contribution < -0.4 is 10.6 Å². The van der Waals surface area contributed by atoms with Gasteiger partial charge in [-0.25, -0.2) is 4.99 Å². The van der Waals surface area contributed by atoms with E-state index >= 15 is 0 Å². The second-order valence-electron chi connectivity index (χ2n) is 6.33. The first-order chi connectivity index (χ1) is 10.5. The number of nitrogens with zero attached hydrogens (tertiary/aromatic N) is 2. The van der Waals surface area contributed by atoms with Crippen molar-refractivity contribution in [3.8, 4) is 0 Å². The Kier molecular flexibility index (Phi) is 11.6. The molecule has 1 aliphatic carbocycles. The van der Waals surface area contributed by atoms with Crippen molar-refractivity contribution in [3.63, 3.8) is 0 Å². The number of rotatable bonds is 9. The number of guanidine groups is 1. The van der Waals surface area contributed by atoms with Gasteiger partial charge in [0.15, 0.2) is 5.96 Å². The molecule has 0 aromatic heterocycles. The maximum atomic E-state index is 11.7. The highest BCUT2D eigenvalue weighted by Gasteiger charge is 2.36. The highest BCUT2D eigenvalue weighted by Crippen LogP contribution is 2.43. The fraction of sp³-hybridized carbons (Fsp3) is 0.875. The third-order valence-corrected chi connectivity index (χ3v) is 4.30. The van der Waals surface area contributed by atoms with E-state index in [-0.39, 0.29) is 36.4 Å². The zero-order valence-electron chi connectivity index (χ0n) is 15.0. The lowest BCUT2D eigenvalue weighted by molar-refractivity contribution is -0.127. The van der Waals surface area contributed by atoms with Crippen LogP contribution in [0.15, 0.2) is 4.99 Å². The van der Waals surface area contributed by atoms with Crippen molar-refractivity contribution in [2.75, 3.05) is 47.4 Å². The molecule has 0 heterocycles. The molecule has 7 heteroatoms. The van der Waals surface area contributed by atoms with Crippen molar-refractivity contribution in [2.24, 2.45) is 10.4 Å². The molecule has 23 heavy (non-hydrogen) atoms. The molecule has 0 spiro atoms. The zero-order chi connectivity index (χ0) is 16.4. The minimum Gasteiger partial charge on any atom is -0.385 e. The Hall–Kier alpha value is -0.570. The van der Waals surface area contributed by atoms with E-state index in [2.05, 4.69) is 22.5 Å². The molecule has 2 N–H and O–H groups in total. The van der Waals surface area contributed by atoms with Crippen LogP contribution in [0.3, 0.4) is 0 Å². The number of ether oxygens (including phenoxy) is 1. The lowest BCUT2D eigenvalue weighted by atomic mass is 9.67. The SMILES string of the molecule is CCCNC(=NCC(=O)N(C)C)NCC1(CCOC)CCC1.I. The van der Waals surface area contributed by atoms with Gasteiger partial charge in [-0.3, -0.25) is 4.79 Å². The minimum absolute atomic E-state index is 0. The number of hydrogen-bond donors (Lipinski definition) is 2. The minimum atomic E-state index is 0. The Morgan fingerprint density at radius 1 is 1.30 bits per heavy atom. The summed E-state index contributed by atoms with van der Waals surface area (Å²) in [6.45, 7) is 4.84. The number of carbonyl (C=O) groups excluding carboxylic acids is 1. The second-order valence-corrected chi connectivity index (χ2v) is 6.33. The molecule has 1 fully saturated rings. The maximum Gasteiger partial charge on any atom is 0.243 e. The summed E-state index contributed by atoms with van der Waals surface area (Å²) in [6.07, 6.45) is 5.87. The van der Waals surface area contributed by atoms with E-state index in [0.717, 1.165) is 38.5 Å². The van der Waals surface area contributed by atoms with E-state index < -0.39 is 0 Å². The van der Waals surface area contributed by atoms with E-state index in [1.807, 2.05) is 0 Å². The van der Waals surface area contributed by atoms with Crippen molar-refractivity contribution in [2.45, 2.75) is 39.0 Å². The number of hydrogen-bond acceptors (Lipinski definition) is 3. The van der Waals surface area contributed by atoms with Gasteiger partial charge in [-0.1, -0.05) is 13.3 Å². The molecule has 1 amide bonds. The van der Waals surface area contributed by atoms with Crippen molar-refractivity contribution in [3.05, 3.63) is 0 Å². The molecule has 0 aromatic rings. The third kappa shape index (κ3) is 8.19. The van der Waals surface area contributed by atoms with Gasteiger partial charge in [0.2, 0.25) is 5.91 Å². The van der Waals surface area contributed by atoms with Crippen LogP contribution in [-0.2, 0) is 9.53 Å². The fourth-order valence-corrected chi connectivity index (χ4v) is 2.49. The summed E-state index contributed by atoms with van der Waals surface area (Å²) in [5, 5.41) is 6.69. The lowest BCUT2D eigenvalue weighted by Crippen LogP contribution is -2.47. The van der Waals surface area contributed by atoms with Gasteiger partial charge >= 0.3 is 0 Å². The van der Waals surface area contributed by atoms with Crippen molar-refractivity contribution in [1.29, 1.82) is 0 Å². The van der Waals surface area contributed by atoms with E-state index in [1.54, 1.807) is 26.1 Å². The van der Waals surface area contributed by atoms with Crippen LogP contribution in [0.5, 0.6) is 0 Å². The molecule has 6 nitrogen and oxygen atoms in total. The fourth-order valence-electron chi connectivity index (χ4n) is 2.49. The Bertz CT molecular complexity index is 371. The number of halogens is 1. The van der Waals surface area contributed by atoms with E-state index in [0.29, 0.717) is 5.41 Å². The first-order valence-corrected chi connectivity index (χ1v) is 8.24. The molecular weight excluding hydrogens is 407 g/mol. The van der Waals surface area contributed by atoms with Crippen molar-refractivity contribution in [1.82, 2.24) is 15.5 Å². The van der Waals surface area contributed by atoms with E-state index in [9.17, 15) is 4.79 Å². The summed E-state index contributed by atoms with van der Waals surface area (Å²) >= 11 is 0. The van der Waals surface area contributed by atoms with Crippen LogP contribution in [0.4, 0.5) is 0 Å². The quantitative estimate of drug-likeness (QED) is 0.326. The highest BCUT2D eigenvalue weighted by atomic mass is 127. The van der Waals surface area contributed by atoms with Crippen LogP contribution in [0.25, 0.3) is 0 Å². The van der Waals surface area contributed by atoms with Gasteiger partial charge in [-0.15, -0.1) is 24.0 Å². The molecular formula is C16H33IN4O2. The van der Waals surface area contributed by atoms with E-state index in [1.165, 1.54) is 19.3 Å². The van der Waals surface area contributed by atoms with Crippen LogP contribution in [0, 0.1) is 5.41 Å². The largest absolute Gasteiger partial charge is 0.385 e. The van der Waals surface area contributed by atoms with E-state index in [4.69, 9.17) is 4.74 Å². The van der Waals surface area contributed by atoms with Crippen LogP contribution in [0.2, 0.25) is 0 Å². The Morgan fingerprint density at radius 3 is 2.48 bits per heavy atom. The average molecular weight is 440 g/mol. The predicted octanol–water partition coefficient (Wildman–Crippen LogP) is 1.84. The molecule has 0 aromatic carbocycles. The normalized spacial score (nSPS) is 16.1. The first-order valence-electron chi connectivity index (χ1n) is 8.24. The number of nitrogens with one attached hydrogen (secondary N) is 2. The van der Waals surface area contributed by atoms with Crippen molar-refractivity contribution >= 4 is 35.8 Å². The predicted molar refractivity (Wildman–Crippen MR) is 105 cm³/mol. The Labute approximate surface area is 157 Å². The summed E-state index contributed by atoms with van der Waals surface area (Å²) in [5.74, 6) is 0.746. The van der Waals surface area contributed by atoms with Gasteiger partial charge in [0.05, 0.1) is 0 Å². The number of methoxy groups -OCH3 is 1. The second kappa shape index (κ2) is 11.9. The first kappa shape index (κ1) is 22.4. The third-order valence-electron chi connectivity index (χ3n) is 4.30. The average Bonchev–Trinajstić information content (AvgIpc) is 2.47. The zero-order valence-corrected chi connectivity index (χ0v) is 17.3. The van der Waals surface area contributed by atoms with Crippen LogP contribution in [0.1, 0.15) is 39.0 Å². The lowest BCUT2D eigenvalue weighted by Gasteiger charge is -2.42.